The van der Waals surface area contributed by atoms with E-state index in [0.29, 0.717) is 5.65 Å². The number of fused-ring (bicyclic) bond motifs is 1. The van der Waals surface area contributed by atoms with Crippen LogP contribution in [0.5, 0.6) is 0 Å². The highest BCUT2D eigenvalue weighted by Crippen LogP contribution is 2.09. The van der Waals surface area contributed by atoms with E-state index in [1.54, 1.807) is 0 Å². The minimum absolute atomic E-state index is 0.683. The molecule has 2 heterocycles. The Morgan fingerprint density at radius 1 is 1.38 bits per heavy atom. The zero-order valence-corrected chi connectivity index (χ0v) is 8.58. The molecule has 0 unspecified atom stereocenters. The number of hydrogen-bond acceptors (Lipinski definition) is 3. The number of H-pyrrole nitrogens is 1. The maximum Gasteiger partial charge on any atom is 0.201 e. The fourth-order valence-corrected chi connectivity index (χ4v) is 1.47. The van der Waals surface area contributed by atoms with Crippen molar-refractivity contribution in [3.8, 4) is 0 Å². The van der Waals surface area contributed by atoms with Crippen LogP contribution in [0.4, 0.5) is 0 Å². The van der Waals surface area contributed by atoms with Crippen LogP contribution < -0.4 is 0 Å². The van der Waals surface area contributed by atoms with Crippen molar-refractivity contribution in [3.05, 3.63) is 17.8 Å². The predicted molar refractivity (Wildman–Crippen MR) is 53.8 cm³/mol. The molecule has 1 N–H and O–H groups in total. The number of aromatic amines is 1. The lowest BCUT2D eigenvalue weighted by Crippen LogP contribution is -1.88. The van der Waals surface area contributed by atoms with Gasteiger partial charge in [-0.3, -0.25) is 0 Å². The van der Waals surface area contributed by atoms with E-state index in [1.807, 2.05) is 12.3 Å². The standard InChI is InChI=1S/C8H9BrN4/c9-3-1-2-6-4-7-8(10-5-6)12-13-11-7/h4-5H,1-3H2,(H,10,11,12,13). The molecule has 2 aromatic rings. The molecule has 0 spiro atoms. The van der Waals surface area contributed by atoms with Crippen molar-refractivity contribution in [3.63, 3.8) is 0 Å². The van der Waals surface area contributed by atoms with E-state index in [2.05, 4.69) is 36.3 Å². The Kier molecular flexibility index (Phi) is 2.54. The number of aryl methyl sites for hydroxylation is 1. The largest absolute Gasteiger partial charge is 0.233 e. The molecule has 0 amide bonds. The van der Waals surface area contributed by atoms with E-state index in [0.717, 1.165) is 23.7 Å². The van der Waals surface area contributed by atoms with Gasteiger partial charge in [-0.15, -0.1) is 5.10 Å². The maximum atomic E-state index is 4.17. The molecule has 13 heavy (non-hydrogen) atoms. The molecule has 0 fully saturated rings. The Morgan fingerprint density at radius 2 is 2.31 bits per heavy atom. The normalized spacial score (nSPS) is 10.8. The summed E-state index contributed by atoms with van der Waals surface area (Å²) in [6.45, 7) is 0. The average molecular weight is 241 g/mol. The summed E-state index contributed by atoms with van der Waals surface area (Å²) in [6.07, 6.45) is 4.00. The highest BCUT2D eigenvalue weighted by molar-refractivity contribution is 9.09. The molecule has 0 saturated carbocycles. The predicted octanol–water partition coefficient (Wildman–Crippen LogP) is 1.68. The second kappa shape index (κ2) is 3.83. The number of hydrogen-bond donors (Lipinski definition) is 1. The van der Waals surface area contributed by atoms with Crippen LogP contribution >= 0.6 is 15.9 Å². The van der Waals surface area contributed by atoms with Gasteiger partial charge in [0.25, 0.3) is 0 Å². The van der Waals surface area contributed by atoms with Crippen LogP contribution in [0.1, 0.15) is 12.0 Å². The molecule has 5 heteroatoms. The fraction of sp³-hybridized carbons (Fsp3) is 0.375. The van der Waals surface area contributed by atoms with Crippen molar-refractivity contribution in [1.29, 1.82) is 0 Å². The first-order valence-electron chi connectivity index (χ1n) is 4.11. The molecule has 2 rings (SSSR count). The summed E-state index contributed by atoms with van der Waals surface area (Å²) in [7, 11) is 0. The minimum atomic E-state index is 0.683. The van der Waals surface area contributed by atoms with Crippen LogP contribution in [-0.2, 0) is 6.42 Å². The van der Waals surface area contributed by atoms with Crippen molar-refractivity contribution < 1.29 is 0 Å². The summed E-state index contributed by atoms with van der Waals surface area (Å²) < 4.78 is 0. The molecule has 0 aliphatic heterocycles. The van der Waals surface area contributed by atoms with E-state index in [1.165, 1.54) is 5.56 Å². The van der Waals surface area contributed by atoms with Gasteiger partial charge in [-0.25, -0.2) is 4.98 Å². The number of pyridine rings is 1. The molecule has 0 aromatic carbocycles. The third-order valence-corrected chi connectivity index (χ3v) is 2.39. The smallest absolute Gasteiger partial charge is 0.201 e. The second-order valence-corrected chi connectivity index (χ2v) is 3.60. The monoisotopic (exact) mass is 240 g/mol. The van der Waals surface area contributed by atoms with Crippen LogP contribution in [0.25, 0.3) is 11.2 Å². The van der Waals surface area contributed by atoms with Crippen molar-refractivity contribution in [2.75, 3.05) is 5.33 Å². The first-order valence-corrected chi connectivity index (χ1v) is 5.23. The highest BCUT2D eigenvalue weighted by Gasteiger charge is 2.00. The number of rotatable bonds is 3. The first-order chi connectivity index (χ1) is 6.40. The molecular weight excluding hydrogens is 232 g/mol. The molecule has 0 radical (unpaired) electrons. The van der Waals surface area contributed by atoms with Crippen LogP contribution in [0.3, 0.4) is 0 Å². The van der Waals surface area contributed by atoms with Crippen molar-refractivity contribution in [1.82, 2.24) is 20.4 Å². The van der Waals surface area contributed by atoms with Crippen LogP contribution in [0.2, 0.25) is 0 Å². The number of nitrogens with one attached hydrogen (secondary N) is 1. The first kappa shape index (κ1) is 8.62. The van der Waals surface area contributed by atoms with E-state index in [4.69, 9.17) is 0 Å². The van der Waals surface area contributed by atoms with E-state index in [-0.39, 0.29) is 0 Å². The summed E-state index contributed by atoms with van der Waals surface area (Å²) in [4.78, 5) is 4.17. The van der Waals surface area contributed by atoms with E-state index in [9.17, 15) is 0 Å². The molecular formula is C8H9BrN4. The van der Waals surface area contributed by atoms with Crippen LogP contribution in [-0.4, -0.2) is 25.7 Å². The molecule has 68 valence electrons. The molecule has 0 aliphatic rings. The molecule has 0 aliphatic carbocycles. The lowest BCUT2D eigenvalue weighted by molar-refractivity contribution is 0.934. The molecule has 4 nitrogen and oxygen atoms in total. The van der Waals surface area contributed by atoms with Crippen LogP contribution in [0.15, 0.2) is 12.3 Å². The summed E-state index contributed by atoms with van der Waals surface area (Å²) in [5.74, 6) is 0. The zero-order chi connectivity index (χ0) is 9.10. The fourth-order valence-electron chi connectivity index (χ4n) is 1.19. The maximum absolute atomic E-state index is 4.17. The Balaban J connectivity index is 2.26. The SMILES string of the molecule is BrCCCc1cnc2n[nH]nc2c1. The van der Waals surface area contributed by atoms with Gasteiger partial charge < -0.3 is 0 Å². The van der Waals surface area contributed by atoms with Gasteiger partial charge in [0.05, 0.1) is 0 Å². The van der Waals surface area contributed by atoms with Gasteiger partial charge in [0.1, 0.15) is 5.52 Å². The number of nitrogens with zero attached hydrogens (tertiary/aromatic N) is 3. The van der Waals surface area contributed by atoms with Crippen LogP contribution in [0, 0.1) is 0 Å². The van der Waals surface area contributed by atoms with E-state index >= 15 is 0 Å². The molecule has 2 aromatic heterocycles. The highest BCUT2D eigenvalue weighted by atomic mass is 79.9. The Labute approximate surface area is 83.9 Å². The lowest BCUT2D eigenvalue weighted by atomic mass is 10.2. The summed E-state index contributed by atoms with van der Waals surface area (Å²) in [5, 5.41) is 11.4. The molecule has 0 bridgehead atoms. The Morgan fingerprint density at radius 3 is 3.15 bits per heavy atom. The number of alkyl halides is 1. The number of aromatic nitrogens is 4. The summed E-state index contributed by atoms with van der Waals surface area (Å²) in [6, 6.07) is 2.02. The summed E-state index contributed by atoms with van der Waals surface area (Å²) in [5.41, 5.74) is 2.73. The Hall–Kier alpha value is -0.970. The van der Waals surface area contributed by atoms with Crippen molar-refractivity contribution >= 4 is 27.1 Å². The van der Waals surface area contributed by atoms with Gasteiger partial charge in [-0.05, 0) is 24.5 Å². The summed E-state index contributed by atoms with van der Waals surface area (Å²) >= 11 is 3.39. The van der Waals surface area contributed by atoms with Crippen molar-refractivity contribution in [2.24, 2.45) is 0 Å². The molecule has 0 atom stereocenters. The van der Waals surface area contributed by atoms with Gasteiger partial charge in [-0.1, -0.05) is 15.9 Å². The van der Waals surface area contributed by atoms with E-state index < -0.39 is 0 Å². The van der Waals surface area contributed by atoms with Gasteiger partial charge in [0.15, 0.2) is 0 Å². The minimum Gasteiger partial charge on any atom is -0.233 e. The lowest BCUT2D eigenvalue weighted by Gasteiger charge is -1.96. The number of halogens is 1. The average Bonchev–Trinajstić information content (AvgIpc) is 2.61. The zero-order valence-electron chi connectivity index (χ0n) is 7.00. The molecule has 0 saturated heterocycles. The third kappa shape index (κ3) is 1.85. The van der Waals surface area contributed by atoms with Crippen molar-refractivity contribution in [2.45, 2.75) is 12.8 Å². The van der Waals surface area contributed by atoms with Gasteiger partial charge in [0, 0.05) is 11.5 Å². The Bertz CT molecular complexity index is 398. The van der Waals surface area contributed by atoms with Gasteiger partial charge >= 0.3 is 0 Å². The van der Waals surface area contributed by atoms with Gasteiger partial charge in [-0.2, -0.15) is 10.3 Å². The van der Waals surface area contributed by atoms with Gasteiger partial charge in [0.2, 0.25) is 5.65 Å². The second-order valence-electron chi connectivity index (χ2n) is 2.80. The topological polar surface area (TPSA) is 54.5 Å². The third-order valence-electron chi connectivity index (χ3n) is 1.83. The quantitative estimate of drug-likeness (QED) is 0.831.